The summed E-state index contributed by atoms with van der Waals surface area (Å²) in [4.78, 5) is 42.7. The predicted molar refractivity (Wildman–Crippen MR) is 108 cm³/mol. The number of esters is 1. The van der Waals surface area contributed by atoms with Crippen LogP contribution in [0.2, 0.25) is 0 Å². The summed E-state index contributed by atoms with van der Waals surface area (Å²) in [5.74, 6) is 0.157. The molecule has 0 aliphatic heterocycles. The summed E-state index contributed by atoms with van der Waals surface area (Å²) in [6.07, 6.45) is 1.31. The van der Waals surface area contributed by atoms with Crippen molar-refractivity contribution in [3.8, 4) is 11.5 Å². The molecule has 1 aromatic carbocycles. The molecule has 0 saturated carbocycles. The van der Waals surface area contributed by atoms with Gasteiger partial charge >= 0.3 is 5.97 Å². The molecule has 3 aromatic rings. The quantitative estimate of drug-likeness (QED) is 0.432. The van der Waals surface area contributed by atoms with Crippen LogP contribution >= 0.6 is 11.3 Å². The van der Waals surface area contributed by atoms with Gasteiger partial charge in [0.2, 0.25) is 0 Å². The molecular formula is C20H20N2O6S. The number of ether oxygens (including phenoxy) is 3. The molecular weight excluding hydrogens is 396 g/mol. The van der Waals surface area contributed by atoms with E-state index in [1.807, 2.05) is 0 Å². The molecule has 0 aliphatic carbocycles. The first-order valence-electron chi connectivity index (χ1n) is 8.82. The highest BCUT2D eigenvalue weighted by Crippen LogP contribution is 2.29. The van der Waals surface area contributed by atoms with Gasteiger partial charge in [0.15, 0.2) is 17.3 Å². The molecule has 2 heterocycles. The average Bonchev–Trinajstić information content (AvgIpc) is 3.06. The second-order valence-corrected chi connectivity index (χ2v) is 7.13. The SMILES string of the molecule is CCOC(=O)c1sc2ncn(CC(=O)c3ccc(OC)c(OC)c3)c(=O)c2c1C. The van der Waals surface area contributed by atoms with Crippen LogP contribution in [0.25, 0.3) is 10.2 Å². The van der Waals surface area contributed by atoms with Crippen molar-refractivity contribution in [3.63, 3.8) is 0 Å². The van der Waals surface area contributed by atoms with Crippen molar-refractivity contribution >= 4 is 33.3 Å². The number of benzene rings is 1. The van der Waals surface area contributed by atoms with Gasteiger partial charge in [0.1, 0.15) is 9.71 Å². The number of methoxy groups -OCH3 is 2. The number of fused-ring (bicyclic) bond motifs is 1. The number of Topliss-reactive ketones (excluding diaryl/α,β-unsaturated/α-hetero) is 1. The zero-order chi connectivity index (χ0) is 21.1. The number of nitrogens with zero attached hydrogens (tertiary/aromatic N) is 2. The fourth-order valence-electron chi connectivity index (χ4n) is 2.92. The van der Waals surface area contributed by atoms with Crippen LogP contribution in [-0.4, -0.2) is 42.1 Å². The normalized spacial score (nSPS) is 10.8. The van der Waals surface area contributed by atoms with Crippen LogP contribution in [0.15, 0.2) is 29.3 Å². The summed E-state index contributed by atoms with van der Waals surface area (Å²) in [5.41, 5.74) is 0.505. The Kier molecular flexibility index (Phi) is 5.97. The van der Waals surface area contributed by atoms with Crippen molar-refractivity contribution in [2.75, 3.05) is 20.8 Å². The van der Waals surface area contributed by atoms with E-state index in [1.165, 1.54) is 25.1 Å². The van der Waals surface area contributed by atoms with Crippen LogP contribution in [0, 0.1) is 6.92 Å². The molecule has 0 N–H and O–H groups in total. The summed E-state index contributed by atoms with van der Waals surface area (Å²) >= 11 is 1.10. The van der Waals surface area contributed by atoms with Crippen molar-refractivity contribution in [2.24, 2.45) is 0 Å². The van der Waals surface area contributed by atoms with Gasteiger partial charge in [0, 0.05) is 5.56 Å². The Labute approximate surface area is 170 Å². The highest BCUT2D eigenvalue weighted by atomic mass is 32.1. The maximum absolute atomic E-state index is 12.9. The maximum Gasteiger partial charge on any atom is 0.348 e. The minimum atomic E-state index is -0.486. The molecule has 0 fully saturated rings. The molecule has 0 saturated heterocycles. The number of thiophene rings is 1. The van der Waals surface area contributed by atoms with Crippen LogP contribution in [0.4, 0.5) is 0 Å². The standard InChI is InChI=1S/C20H20N2O6S/c1-5-28-20(25)17-11(2)16-18(29-17)21-10-22(19(16)24)9-13(23)12-6-7-14(26-3)15(8-12)27-4/h6-8,10H,5,9H2,1-4H3. The van der Waals surface area contributed by atoms with Crippen molar-refractivity contribution in [1.29, 1.82) is 0 Å². The Morgan fingerprint density at radius 1 is 1.17 bits per heavy atom. The van der Waals surface area contributed by atoms with Crippen LogP contribution < -0.4 is 15.0 Å². The number of ketones is 1. The van der Waals surface area contributed by atoms with Crippen molar-refractivity contribution in [3.05, 3.63) is 50.9 Å². The van der Waals surface area contributed by atoms with E-state index in [-0.39, 0.29) is 24.5 Å². The third-order valence-electron chi connectivity index (χ3n) is 4.40. The van der Waals surface area contributed by atoms with Gasteiger partial charge in [-0.3, -0.25) is 14.2 Å². The Morgan fingerprint density at radius 2 is 1.90 bits per heavy atom. The summed E-state index contributed by atoms with van der Waals surface area (Å²) in [6.45, 7) is 3.44. The number of rotatable bonds is 7. The molecule has 29 heavy (non-hydrogen) atoms. The molecule has 0 amide bonds. The lowest BCUT2D eigenvalue weighted by Gasteiger charge is -2.10. The second-order valence-electron chi connectivity index (χ2n) is 6.13. The molecule has 152 valence electrons. The summed E-state index contributed by atoms with van der Waals surface area (Å²) in [6, 6.07) is 4.80. The first-order valence-corrected chi connectivity index (χ1v) is 9.63. The van der Waals surface area contributed by atoms with Gasteiger partial charge in [-0.15, -0.1) is 11.3 Å². The molecule has 0 unspecified atom stereocenters. The third kappa shape index (κ3) is 3.86. The monoisotopic (exact) mass is 416 g/mol. The fourth-order valence-corrected chi connectivity index (χ4v) is 3.95. The minimum absolute atomic E-state index is 0.193. The van der Waals surface area contributed by atoms with E-state index in [2.05, 4.69) is 4.98 Å². The summed E-state index contributed by atoms with van der Waals surface area (Å²) in [7, 11) is 2.99. The minimum Gasteiger partial charge on any atom is -0.493 e. The van der Waals surface area contributed by atoms with Gasteiger partial charge in [-0.05, 0) is 37.6 Å². The molecule has 0 aliphatic rings. The smallest absolute Gasteiger partial charge is 0.348 e. The van der Waals surface area contributed by atoms with Crippen LogP contribution in [0.5, 0.6) is 11.5 Å². The van der Waals surface area contributed by atoms with Crippen LogP contribution in [-0.2, 0) is 11.3 Å². The zero-order valence-corrected chi connectivity index (χ0v) is 17.3. The first-order chi connectivity index (χ1) is 13.9. The average molecular weight is 416 g/mol. The van der Waals surface area contributed by atoms with Gasteiger partial charge in [0.05, 0.1) is 39.1 Å². The largest absolute Gasteiger partial charge is 0.493 e. The van der Waals surface area contributed by atoms with E-state index in [9.17, 15) is 14.4 Å². The van der Waals surface area contributed by atoms with Crippen molar-refractivity contribution < 1.29 is 23.8 Å². The predicted octanol–water partition coefficient (Wildman–Crippen LogP) is 2.84. The van der Waals surface area contributed by atoms with Gasteiger partial charge < -0.3 is 14.2 Å². The molecule has 0 bridgehead atoms. The molecule has 2 aromatic heterocycles. The topological polar surface area (TPSA) is 96.7 Å². The zero-order valence-electron chi connectivity index (χ0n) is 16.5. The highest BCUT2D eigenvalue weighted by Gasteiger charge is 2.21. The maximum atomic E-state index is 12.9. The Morgan fingerprint density at radius 3 is 2.55 bits per heavy atom. The lowest BCUT2D eigenvalue weighted by molar-refractivity contribution is 0.0531. The molecule has 0 radical (unpaired) electrons. The van der Waals surface area contributed by atoms with E-state index in [4.69, 9.17) is 14.2 Å². The van der Waals surface area contributed by atoms with E-state index < -0.39 is 5.97 Å². The number of hydrogen-bond donors (Lipinski definition) is 0. The van der Waals surface area contributed by atoms with Gasteiger partial charge in [-0.1, -0.05) is 0 Å². The molecule has 0 atom stereocenters. The molecule has 0 spiro atoms. The highest BCUT2D eigenvalue weighted by molar-refractivity contribution is 7.20. The fraction of sp³-hybridized carbons (Fsp3) is 0.300. The number of hydrogen-bond acceptors (Lipinski definition) is 8. The Bertz CT molecular complexity index is 1150. The number of aromatic nitrogens is 2. The number of aryl methyl sites for hydroxylation is 1. The van der Waals surface area contributed by atoms with Crippen molar-refractivity contribution in [1.82, 2.24) is 9.55 Å². The van der Waals surface area contributed by atoms with E-state index in [0.29, 0.717) is 37.7 Å². The second kappa shape index (κ2) is 8.44. The molecule has 8 nitrogen and oxygen atoms in total. The lowest BCUT2D eigenvalue weighted by atomic mass is 10.1. The van der Waals surface area contributed by atoms with Gasteiger partial charge in [0.25, 0.3) is 5.56 Å². The van der Waals surface area contributed by atoms with Crippen LogP contribution in [0.1, 0.15) is 32.5 Å². The summed E-state index contributed by atoms with van der Waals surface area (Å²) < 4.78 is 16.7. The van der Waals surface area contributed by atoms with Crippen LogP contribution in [0.3, 0.4) is 0 Å². The van der Waals surface area contributed by atoms with E-state index in [1.54, 1.807) is 32.0 Å². The number of carbonyl (C=O) groups is 2. The molecule has 9 heteroatoms. The molecule has 3 rings (SSSR count). The van der Waals surface area contributed by atoms with Gasteiger partial charge in [-0.25, -0.2) is 9.78 Å². The lowest BCUT2D eigenvalue weighted by Crippen LogP contribution is -2.24. The third-order valence-corrected chi connectivity index (χ3v) is 5.58. The van der Waals surface area contributed by atoms with E-state index in [0.717, 1.165) is 11.3 Å². The number of carbonyl (C=O) groups excluding carboxylic acids is 2. The first kappa shape index (κ1) is 20.5. The Hall–Kier alpha value is -3.20. The van der Waals surface area contributed by atoms with Gasteiger partial charge in [-0.2, -0.15) is 0 Å². The van der Waals surface area contributed by atoms with Crippen molar-refractivity contribution in [2.45, 2.75) is 20.4 Å². The Balaban J connectivity index is 1.96. The summed E-state index contributed by atoms with van der Waals surface area (Å²) in [5, 5.41) is 0.320. The van der Waals surface area contributed by atoms with E-state index >= 15 is 0 Å².